The molecule has 1 saturated heterocycles. The molecule has 2 aliphatic rings. The van der Waals surface area contributed by atoms with Gasteiger partial charge in [0.05, 0.1) is 11.4 Å². The van der Waals surface area contributed by atoms with Crippen LogP contribution in [0.2, 0.25) is 0 Å². The molecule has 1 fully saturated rings. The zero-order valence-corrected chi connectivity index (χ0v) is 19.2. The van der Waals surface area contributed by atoms with Crippen molar-refractivity contribution in [2.24, 2.45) is 7.05 Å². The third-order valence-electron chi connectivity index (χ3n) is 5.77. The molecule has 3 aromatic heterocycles. The van der Waals surface area contributed by atoms with Gasteiger partial charge in [-0.05, 0) is 30.4 Å². The molecule has 9 heteroatoms. The standard InChI is InChI=1S/C22H26N6OS2/c1-27-20-16(8-9-18(25-20)28-10-4-2-3-5-11-28)19(26-27)17-14-24-22(31-17)21(29)23-13-15-7-6-12-30-15/h6-7,9,12,14,25H,2-5,8,10-11,13H2,1H3,(H,23,29). The number of thiazole rings is 1. The third kappa shape index (κ3) is 4.24. The van der Waals surface area contributed by atoms with Crippen LogP contribution in [-0.2, 0) is 20.0 Å². The highest BCUT2D eigenvalue weighted by Gasteiger charge is 2.25. The summed E-state index contributed by atoms with van der Waals surface area (Å²) in [4.78, 5) is 21.4. The molecular formula is C22H26N6OS2. The van der Waals surface area contributed by atoms with Crippen molar-refractivity contribution in [1.82, 2.24) is 25.0 Å². The summed E-state index contributed by atoms with van der Waals surface area (Å²) in [6, 6.07) is 4.00. The number of carbonyl (C=O) groups is 1. The largest absolute Gasteiger partial charge is 0.358 e. The van der Waals surface area contributed by atoms with Gasteiger partial charge in [0.15, 0.2) is 5.01 Å². The van der Waals surface area contributed by atoms with Crippen LogP contribution in [0.15, 0.2) is 35.6 Å². The molecular weight excluding hydrogens is 428 g/mol. The van der Waals surface area contributed by atoms with Gasteiger partial charge in [0.2, 0.25) is 0 Å². The van der Waals surface area contributed by atoms with Crippen molar-refractivity contribution in [1.29, 1.82) is 0 Å². The maximum atomic E-state index is 12.5. The van der Waals surface area contributed by atoms with Crippen LogP contribution in [0.5, 0.6) is 0 Å². The van der Waals surface area contributed by atoms with Crippen LogP contribution >= 0.6 is 22.7 Å². The number of nitrogens with zero attached hydrogens (tertiary/aromatic N) is 4. The zero-order chi connectivity index (χ0) is 21.2. The first-order valence-corrected chi connectivity index (χ1v) is 12.4. The summed E-state index contributed by atoms with van der Waals surface area (Å²) in [6.45, 7) is 2.74. The van der Waals surface area contributed by atoms with E-state index in [-0.39, 0.29) is 5.91 Å². The predicted molar refractivity (Wildman–Crippen MR) is 125 cm³/mol. The monoisotopic (exact) mass is 454 g/mol. The van der Waals surface area contributed by atoms with Gasteiger partial charge < -0.3 is 15.5 Å². The van der Waals surface area contributed by atoms with Gasteiger partial charge in [0.25, 0.3) is 5.91 Å². The van der Waals surface area contributed by atoms with Gasteiger partial charge >= 0.3 is 0 Å². The fourth-order valence-electron chi connectivity index (χ4n) is 4.15. The first-order valence-electron chi connectivity index (χ1n) is 10.7. The highest BCUT2D eigenvalue weighted by atomic mass is 32.1. The van der Waals surface area contributed by atoms with E-state index in [1.165, 1.54) is 42.8 Å². The lowest BCUT2D eigenvalue weighted by atomic mass is 10.1. The van der Waals surface area contributed by atoms with E-state index in [2.05, 4.69) is 26.6 Å². The van der Waals surface area contributed by atoms with Crippen molar-refractivity contribution in [3.63, 3.8) is 0 Å². The Kier molecular flexibility index (Phi) is 5.78. The van der Waals surface area contributed by atoms with Crippen molar-refractivity contribution in [3.05, 3.63) is 51.1 Å². The second kappa shape index (κ2) is 8.84. The van der Waals surface area contributed by atoms with Crippen LogP contribution in [0.25, 0.3) is 10.6 Å². The number of carbonyl (C=O) groups excluding carboxylic acids is 1. The lowest BCUT2D eigenvalue weighted by molar-refractivity contribution is 0.0951. The smallest absolute Gasteiger partial charge is 0.280 e. The molecule has 0 spiro atoms. The summed E-state index contributed by atoms with van der Waals surface area (Å²) in [5, 5.41) is 13.8. The molecule has 2 aliphatic heterocycles. The Balaban J connectivity index is 1.31. The maximum absolute atomic E-state index is 12.5. The number of aromatic nitrogens is 3. The van der Waals surface area contributed by atoms with Crippen molar-refractivity contribution in [3.8, 4) is 10.6 Å². The molecule has 0 aliphatic carbocycles. The Morgan fingerprint density at radius 2 is 2.10 bits per heavy atom. The summed E-state index contributed by atoms with van der Waals surface area (Å²) >= 11 is 3.03. The van der Waals surface area contributed by atoms with Crippen molar-refractivity contribution in [2.45, 2.75) is 38.6 Å². The number of fused-ring (bicyclic) bond motifs is 1. The lowest BCUT2D eigenvalue weighted by Gasteiger charge is -2.29. The Hall–Kier alpha value is -2.65. The molecule has 31 heavy (non-hydrogen) atoms. The minimum Gasteiger partial charge on any atom is -0.358 e. The Morgan fingerprint density at radius 3 is 2.87 bits per heavy atom. The average Bonchev–Trinajstić information content (AvgIpc) is 3.49. The van der Waals surface area contributed by atoms with Gasteiger partial charge in [-0.25, -0.2) is 4.98 Å². The minimum absolute atomic E-state index is 0.143. The maximum Gasteiger partial charge on any atom is 0.280 e. The van der Waals surface area contributed by atoms with Gasteiger partial charge in [-0.1, -0.05) is 18.9 Å². The topological polar surface area (TPSA) is 75.1 Å². The predicted octanol–water partition coefficient (Wildman–Crippen LogP) is 4.22. The number of hydrogen-bond donors (Lipinski definition) is 2. The molecule has 2 N–H and O–H groups in total. The average molecular weight is 455 g/mol. The summed E-state index contributed by atoms with van der Waals surface area (Å²) < 4.78 is 1.91. The molecule has 162 valence electrons. The Labute approximate surface area is 189 Å². The number of allylic oxidation sites excluding steroid dienone is 1. The zero-order valence-electron chi connectivity index (χ0n) is 17.6. The van der Waals surface area contributed by atoms with Crippen molar-refractivity contribution >= 4 is 34.4 Å². The summed E-state index contributed by atoms with van der Waals surface area (Å²) in [7, 11) is 1.97. The Bertz CT molecular complexity index is 1090. The molecule has 0 atom stereocenters. The molecule has 5 heterocycles. The number of amides is 1. The Morgan fingerprint density at radius 1 is 1.26 bits per heavy atom. The van der Waals surface area contributed by atoms with E-state index in [1.807, 2.05) is 29.2 Å². The molecule has 0 saturated carbocycles. The molecule has 3 aromatic rings. The fourth-order valence-corrected chi connectivity index (χ4v) is 5.64. The first kappa shape index (κ1) is 20.3. The second-order valence-corrected chi connectivity index (χ2v) is 9.97. The minimum atomic E-state index is -0.143. The SMILES string of the molecule is Cn1nc(-c2cnc(C(=O)NCc3cccs3)s2)c2c1NC(N1CCCCCC1)=CC2. The number of thiophene rings is 1. The number of likely N-dealkylation sites (tertiary alicyclic amines) is 1. The van der Waals surface area contributed by atoms with E-state index in [9.17, 15) is 4.79 Å². The molecule has 0 radical (unpaired) electrons. The van der Waals surface area contributed by atoms with E-state index in [1.54, 1.807) is 17.5 Å². The van der Waals surface area contributed by atoms with Gasteiger partial charge in [0.1, 0.15) is 17.3 Å². The fraction of sp³-hybridized carbons (Fsp3) is 0.409. The highest BCUT2D eigenvalue weighted by Crippen LogP contribution is 2.36. The van der Waals surface area contributed by atoms with E-state index in [4.69, 9.17) is 5.10 Å². The molecule has 5 rings (SSSR count). The number of anilines is 1. The van der Waals surface area contributed by atoms with Gasteiger partial charge in [0, 0.05) is 43.2 Å². The molecule has 0 aromatic carbocycles. The number of rotatable bonds is 5. The van der Waals surface area contributed by atoms with Crippen LogP contribution in [-0.4, -0.2) is 38.7 Å². The molecule has 7 nitrogen and oxygen atoms in total. The molecule has 1 amide bonds. The highest BCUT2D eigenvalue weighted by molar-refractivity contribution is 7.17. The number of nitrogens with one attached hydrogen (secondary N) is 2. The number of hydrogen-bond acceptors (Lipinski definition) is 7. The quantitative estimate of drug-likeness (QED) is 0.604. The van der Waals surface area contributed by atoms with E-state index in [0.717, 1.165) is 46.3 Å². The number of aryl methyl sites for hydroxylation is 1. The lowest BCUT2D eigenvalue weighted by Crippen LogP contribution is -2.30. The van der Waals surface area contributed by atoms with Gasteiger partial charge in [-0.3, -0.25) is 9.48 Å². The second-order valence-electron chi connectivity index (χ2n) is 7.91. The van der Waals surface area contributed by atoms with Crippen LogP contribution in [0.3, 0.4) is 0 Å². The van der Waals surface area contributed by atoms with Gasteiger partial charge in [-0.15, -0.1) is 22.7 Å². The van der Waals surface area contributed by atoms with E-state index >= 15 is 0 Å². The van der Waals surface area contributed by atoms with E-state index < -0.39 is 0 Å². The normalized spacial score (nSPS) is 16.3. The summed E-state index contributed by atoms with van der Waals surface area (Å²) in [6.07, 6.45) is 10.0. The van der Waals surface area contributed by atoms with Crippen molar-refractivity contribution < 1.29 is 4.79 Å². The third-order valence-corrected chi connectivity index (χ3v) is 7.65. The molecule has 0 bridgehead atoms. The summed E-state index contributed by atoms with van der Waals surface area (Å²) in [5.41, 5.74) is 2.07. The first-order chi connectivity index (χ1) is 15.2. The summed E-state index contributed by atoms with van der Waals surface area (Å²) in [5.74, 6) is 2.09. The van der Waals surface area contributed by atoms with Gasteiger partial charge in [-0.2, -0.15) is 5.10 Å². The van der Waals surface area contributed by atoms with Crippen LogP contribution < -0.4 is 10.6 Å². The van der Waals surface area contributed by atoms with Crippen LogP contribution in [0, 0.1) is 0 Å². The van der Waals surface area contributed by atoms with Crippen molar-refractivity contribution in [2.75, 3.05) is 18.4 Å². The molecule has 0 unspecified atom stereocenters. The van der Waals surface area contributed by atoms with Crippen LogP contribution in [0.4, 0.5) is 5.82 Å². The van der Waals surface area contributed by atoms with Crippen LogP contribution in [0.1, 0.15) is 45.9 Å². The van der Waals surface area contributed by atoms with E-state index in [0.29, 0.717) is 11.6 Å².